The minimum Gasteiger partial charge on any atom is -0.346 e. The van der Waals surface area contributed by atoms with Crippen LogP contribution >= 0.6 is 0 Å². The van der Waals surface area contributed by atoms with Crippen LogP contribution in [0.15, 0.2) is 36.5 Å². The van der Waals surface area contributed by atoms with Crippen molar-refractivity contribution in [2.45, 2.75) is 13.1 Å². The van der Waals surface area contributed by atoms with Crippen molar-refractivity contribution in [3.8, 4) is 0 Å². The summed E-state index contributed by atoms with van der Waals surface area (Å²) in [5, 5.41) is 10.6. The molecule has 0 aliphatic heterocycles. The SMILES string of the molecule is NCc1cccn1Cc1cccc([N+](=O)[O-])c1F. The van der Waals surface area contributed by atoms with E-state index < -0.39 is 16.4 Å². The monoisotopic (exact) mass is 249 g/mol. The quantitative estimate of drug-likeness (QED) is 0.665. The van der Waals surface area contributed by atoms with Gasteiger partial charge in [0.15, 0.2) is 0 Å². The van der Waals surface area contributed by atoms with Crippen molar-refractivity contribution >= 4 is 5.69 Å². The fourth-order valence-electron chi connectivity index (χ4n) is 1.80. The van der Waals surface area contributed by atoms with Crippen LogP contribution in [-0.4, -0.2) is 9.49 Å². The largest absolute Gasteiger partial charge is 0.346 e. The fraction of sp³-hybridized carbons (Fsp3) is 0.167. The Labute approximate surface area is 103 Å². The smallest absolute Gasteiger partial charge is 0.305 e. The van der Waals surface area contributed by atoms with Crippen molar-refractivity contribution in [2.24, 2.45) is 5.73 Å². The molecule has 2 aromatic rings. The van der Waals surface area contributed by atoms with Gasteiger partial charge in [-0.3, -0.25) is 10.1 Å². The summed E-state index contributed by atoms with van der Waals surface area (Å²) in [6.45, 7) is 0.566. The van der Waals surface area contributed by atoms with Crippen LogP contribution in [0.2, 0.25) is 0 Å². The summed E-state index contributed by atoms with van der Waals surface area (Å²) in [7, 11) is 0. The van der Waals surface area contributed by atoms with Gasteiger partial charge in [-0.05, 0) is 12.1 Å². The number of nitro groups is 1. The van der Waals surface area contributed by atoms with Crippen LogP contribution in [0, 0.1) is 15.9 Å². The maximum atomic E-state index is 13.9. The first kappa shape index (κ1) is 12.3. The lowest BCUT2D eigenvalue weighted by Gasteiger charge is -2.08. The van der Waals surface area contributed by atoms with Crippen LogP contribution in [-0.2, 0) is 13.1 Å². The Morgan fingerprint density at radius 1 is 1.33 bits per heavy atom. The molecule has 0 saturated heterocycles. The minimum atomic E-state index is -0.792. The summed E-state index contributed by atoms with van der Waals surface area (Å²) >= 11 is 0. The zero-order chi connectivity index (χ0) is 13.1. The summed E-state index contributed by atoms with van der Waals surface area (Å²) < 4.78 is 15.6. The molecule has 2 rings (SSSR count). The van der Waals surface area contributed by atoms with E-state index in [1.807, 2.05) is 6.07 Å². The van der Waals surface area contributed by atoms with Crippen molar-refractivity contribution in [2.75, 3.05) is 0 Å². The number of nitrogens with zero attached hydrogens (tertiary/aromatic N) is 2. The summed E-state index contributed by atoms with van der Waals surface area (Å²) in [5.41, 5.74) is 6.16. The number of nitrogens with two attached hydrogens (primary N) is 1. The third-order valence-electron chi connectivity index (χ3n) is 2.73. The van der Waals surface area contributed by atoms with Gasteiger partial charge in [0.25, 0.3) is 0 Å². The highest BCUT2D eigenvalue weighted by Gasteiger charge is 2.17. The minimum absolute atomic E-state index is 0.229. The van der Waals surface area contributed by atoms with Crippen molar-refractivity contribution < 1.29 is 9.31 Å². The number of hydrogen-bond acceptors (Lipinski definition) is 3. The second kappa shape index (κ2) is 4.97. The summed E-state index contributed by atoms with van der Waals surface area (Å²) in [6, 6.07) is 7.79. The van der Waals surface area contributed by atoms with E-state index in [0.717, 1.165) is 11.8 Å². The predicted molar refractivity (Wildman–Crippen MR) is 64.5 cm³/mol. The molecule has 0 unspecified atom stereocenters. The van der Waals surface area contributed by atoms with Gasteiger partial charge in [-0.15, -0.1) is 0 Å². The van der Waals surface area contributed by atoms with Gasteiger partial charge < -0.3 is 10.3 Å². The van der Waals surface area contributed by atoms with Crippen molar-refractivity contribution in [1.29, 1.82) is 0 Å². The molecule has 0 spiro atoms. The van der Waals surface area contributed by atoms with Crippen molar-refractivity contribution in [3.63, 3.8) is 0 Å². The third kappa shape index (κ3) is 2.23. The molecule has 18 heavy (non-hydrogen) atoms. The molecule has 2 N–H and O–H groups in total. The second-order valence-electron chi connectivity index (χ2n) is 3.84. The standard InChI is InChI=1S/C12H12FN3O2/c13-12-9(3-1-5-11(12)16(17)18)8-15-6-2-4-10(15)7-14/h1-6H,7-8,14H2. The molecule has 0 aliphatic carbocycles. The Kier molecular flexibility index (Phi) is 3.38. The second-order valence-corrected chi connectivity index (χ2v) is 3.84. The first-order valence-corrected chi connectivity index (χ1v) is 5.39. The number of aromatic nitrogens is 1. The molecular weight excluding hydrogens is 237 g/mol. The van der Waals surface area contributed by atoms with Gasteiger partial charge in [0, 0.05) is 30.1 Å². The first-order chi connectivity index (χ1) is 8.63. The van der Waals surface area contributed by atoms with Crippen LogP contribution in [0.3, 0.4) is 0 Å². The predicted octanol–water partition coefficient (Wildman–Crippen LogP) is 2.04. The highest BCUT2D eigenvalue weighted by molar-refractivity contribution is 5.37. The lowest BCUT2D eigenvalue weighted by Crippen LogP contribution is -2.09. The van der Waals surface area contributed by atoms with E-state index in [-0.39, 0.29) is 12.1 Å². The van der Waals surface area contributed by atoms with Gasteiger partial charge >= 0.3 is 5.69 Å². The summed E-state index contributed by atoms with van der Waals surface area (Å²) in [6.07, 6.45) is 1.76. The fourth-order valence-corrected chi connectivity index (χ4v) is 1.80. The number of halogens is 1. The first-order valence-electron chi connectivity index (χ1n) is 5.39. The van der Waals surface area contributed by atoms with Crippen LogP contribution in [0.5, 0.6) is 0 Å². The molecule has 1 aromatic carbocycles. The van der Waals surface area contributed by atoms with Crippen LogP contribution in [0.4, 0.5) is 10.1 Å². The van der Waals surface area contributed by atoms with E-state index in [0.29, 0.717) is 6.54 Å². The molecule has 0 saturated carbocycles. The van der Waals surface area contributed by atoms with Crippen LogP contribution in [0.1, 0.15) is 11.3 Å². The van der Waals surface area contributed by atoms with Crippen molar-refractivity contribution in [1.82, 2.24) is 4.57 Å². The van der Waals surface area contributed by atoms with E-state index in [4.69, 9.17) is 5.73 Å². The van der Waals surface area contributed by atoms with Gasteiger partial charge in [-0.25, -0.2) is 0 Å². The Morgan fingerprint density at radius 3 is 2.78 bits per heavy atom. The van der Waals surface area contributed by atoms with Crippen molar-refractivity contribution in [3.05, 3.63) is 63.7 Å². The number of rotatable bonds is 4. The Bertz CT molecular complexity index is 580. The number of benzene rings is 1. The molecule has 5 nitrogen and oxygen atoms in total. The summed E-state index contributed by atoms with van der Waals surface area (Å²) in [4.78, 5) is 9.91. The molecule has 6 heteroatoms. The average Bonchev–Trinajstić information content (AvgIpc) is 2.78. The van der Waals surface area contributed by atoms with Gasteiger partial charge in [-0.1, -0.05) is 12.1 Å². The highest BCUT2D eigenvalue weighted by atomic mass is 19.1. The molecule has 0 radical (unpaired) electrons. The van der Waals surface area contributed by atoms with Crippen LogP contribution in [0.25, 0.3) is 0 Å². The molecule has 0 fully saturated rings. The summed E-state index contributed by atoms with van der Waals surface area (Å²) in [5.74, 6) is -0.792. The van der Waals surface area contributed by atoms with E-state index >= 15 is 0 Å². The third-order valence-corrected chi connectivity index (χ3v) is 2.73. The zero-order valence-electron chi connectivity index (χ0n) is 9.54. The average molecular weight is 249 g/mol. The maximum absolute atomic E-state index is 13.9. The van der Waals surface area contributed by atoms with Crippen LogP contribution < -0.4 is 5.73 Å². The molecule has 1 heterocycles. The van der Waals surface area contributed by atoms with E-state index in [1.165, 1.54) is 12.1 Å². The Hall–Kier alpha value is -2.21. The molecular formula is C12H12FN3O2. The number of hydrogen-bond donors (Lipinski definition) is 1. The Morgan fingerprint density at radius 2 is 2.11 bits per heavy atom. The van der Waals surface area contributed by atoms with Gasteiger partial charge in [0.05, 0.1) is 11.5 Å². The lowest BCUT2D eigenvalue weighted by atomic mass is 10.2. The highest BCUT2D eigenvalue weighted by Crippen LogP contribution is 2.21. The normalized spacial score (nSPS) is 10.6. The maximum Gasteiger partial charge on any atom is 0.305 e. The molecule has 1 aromatic heterocycles. The molecule has 0 aliphatic rings. The van der Waals surface area contributed by atoms with E-state index in [2.05, 4.69) is 0 Å². The molecule has 0 amide bonds. The number of nitro benzene ring substituents is 1. The molecule has 0 atom stereocenters. The Balaban J connectivity index is 2.35. The molecule has 0 bridgehead atoms. The zero-order valence-corrected chi connectivity index (χ0v) is 9.54. The van der Waals surface area contributed by atoms with Gasteiger partial charge in [-0.2, -0.15) is 4.39 Å². The van der Waals surface area contributed by atoms with E-state index in [1.54, 1.807) is 16.8 Å². The lowest BCUT2D eigenvalue weighted by molar-refractivity contribution is -0.387. The van der Waals surface area contributed by atoms with Gasteiger partial charge in [0.2, 0.25) is 5.82 Å². The van der Waals surface area contributed by atoms with E-state index in [9.17, 15) is 14.5 Å². The molecule has 94 valence electrons. The van der Waals surface area contributed by atoms with Gasteiger partial charge in [0.1, 0.15) is 0 Å². The topological polar surface area (TPSA) is 74.1 Å².